The molecule has 158 valence electrons. The third-order valence-electron chi connectivity index (χ3n) is 5.55. The predicted octanol–water partition coefficient (Wildman–Crippen LogP) is 3.67. The third kappa shape index (κ3) is 3.61. The van der Waals surface area contributed by atoms with Gasteiger partial charge in [0.25, 0.3) is 0 Å². The van der Waals surface area contributed by atoms with Crippen LogP contribution in [0, 0.1) is 0 Å². The lowest BCUT2D eigenvalue weighted by atomic mass is 10.0. The Bertz CT molecular complexity index is 1170. The second-order valence-corrected chi connectivity index (χ2v) is 9.28. The van der Waals surface area contributed by atoms with E-state index in [2.05, 4.69) is 0 Å². The molecule has 7 nitrogen and oxygen atoms in total. The second kappa shape index (κ2) is 8.20. The van der Waals surface area contributed by atoms with Crippen molar-refractivity contribution in [1.29, 1.82) is 0 Å². The molecule has 0 radical (unpaired) electrons. The third-order valence-corrected chi connectivity index (χ3v) is 7.47. The van der Waals surface area contributed by atoms with Gasteiger partial charge in [-0.3, -0.25) is 0 Å². The number of hydrogen-bond donors (Lipinski definition) is 0. The number of piperidine rings is 1. The minimum atomic E-state index is -3.74. The largest absolute Gasteiger partial charge is 0.462 e. The van der Waals surface area contributed by atoms with E-state index in [1.807, 2.05) is 35.9 Å². The van der Waals surface area contributed by atoms with Gasteiger partial charge >= 0.3 is 5.97 Å². The number of aryl methyl sites for hydroxylation is 1. The van der Waals surface area contributed by atoms with Crippen LogP contribution in [0.15, 0.2) is 53.4 Å². The first-order valence-electron chi connectivity index (χ1n) is 10.1. The van der Waals surface area contributed by atoms with Gasteiger partial charge in [-0.25, -0.2) is 18.2 Å². The number of aromatic nitrogens is 2. The molecule has 2 aromatic carbocycles. The Kier molecular flexibility index (Phi) is 5.62. The van der Waals surface area contributed by atoms with Crippen LogP contribution in [0.25, 0.3) is 11.0 Å². The Labute approximate surface area is 176 Å². The summed E-state index contributed by atoms with van der Waals surface area (Å²) in [4.78, 5) is 16.8. The molecule has 1 aromatic heterocycles. The van der Waals surface area contributed by atoms with Gasteiger partial charge in [-0.2, -0.15) is 4.31 Å². The summed E-state index contributed by atoms with van der Waals surface area (Å²) in [7, 11) is -1.81. The van der Waals surface area contributed by atoms with Crippen molar-refractivity contribution in [3.05, 3.63) is 59.9 Å². The maximum absolute atomic E-state index is 13.5. The van der Waals surface area contributed by atoms with E-state index in [9.17, 15) is 13.2 Å². The van der Waals surface area contributed by atoms with Gasteiger partial charge in [-0.05, 0) is 56.2 Å². The summed E-state index contributed by atoms with van der Waals surface area (Å²) < 4.78 is 35.5. The molecule has 1 aliphatic rings. The number of ether oxygens (including phenoxy) is 1. The molecule has 1 fully saturated rings. The van der Waals surface area contributed by atoms with Gasteiger partial charge in [-0.1, -0.05) is 18.6 Å². The van der Waals surface area contributed by atoms with Gasteiger partial charge in [0.1, 0.15) is 5.82 Å². The minimum absolute atomic E-state index is 0.168. The zero-order chi connectivity index (χ0) is 21.3. The molecule has 0 N–H and O–H groups in total. The van der Waals surface area contributed by atoms with E-state index in [4.69, 9.17) is 9.72 Å². The Morgan fingerprint density at radius 3 is 2.57 bits per heavy atom. The lowest BCUT2D eigenvalue weighted by Gasteiger charge is -2.34. The van der Waals surface area contributed by atoms with E-state index in [1.165, 1.54) is 24.3 Å². The van der Waals surface area contributed by atoms with Crippen LogP contribution in [0.1, 0.15) is 48.4 Å². The van der Waals surface area contributed by atoms with Gasteiger partial charge in [0.2, 0.25) is 10.0 Å². The number of carbonyl (C=O) groups excluding carboxylic acids is 1. The number of fused-ring (bicyclic) bond motifs is 1. The monoisotopic (exact) mass is 427 g/mol. The van der Waals surface area contributed by atoms with Crippen molar-refractivity contribution in [2.75, 3.05) is 13.2 Å². The first-order chi connectivity index (χ1) is 14.4. The molecule has 1 saturated heterocycles. The summed E-state index contributed by atoms with van der Waals surface area (Å²) in [5.41, 5.74) is 2.17. The number of carbonyl (C=O) groups is 1. The van der Waals surface area contributed by atoms with Crippen LogP contribution in [0.5, 0.6) is 0 Å². The molecule has 0 spiro atoms. The molecule has 30 heavy (non-hydrogen) atoms. The smallest absolute Gasteiger partial charge is 0.338 e. The van der Waals surface area contributed by atoms with E-state index in [0.717, 1.165) is 36.1 Å². The number of imidazole rings is 1. The van der Waals surface area contributed by atoms with Gasteiger partial charge in [-0.15, -0.1) is 0 Å². The van der Waals surface area contributed by atoms with Crippen molar-refractivity contribution in [2.45, 2.75) is 37.1 Å². The number of nitrogens with zero attached hydrogens (tertiary/aromatic N) is 3. The van der Waals surface area contributed by atoms with Crippen molar-refractivity contribution in [1.82, 2.24) is 13.9 Å². The fourth-order valence-electron chi connectivity index (χ4n) is 4.03. The molecule has 1 aliphatic heterocycles. The number of para-hydroxylation sites is 2. The molecule has 0 amide bonds. The van der Waals surface area contributed by atoms with Crippen molar-refractivity contribution in [2.24, 2.45) is 7.05 Å². The number of benzene rings is 2. The summed E-state index contributed by atoms with van der Waals surface area (Å²) in [6, 6.07) is 13.4. The standard InChI is InChI=1S/C22H25N3O4S/c1-3-29-22(26)16-11-13-17(14-12-16)30(27,28)25-15-7-6-10-20(25)21-23-18-8-4-5-9-19(18)24(21)2/h4-5,8-9,11-14,20H,3,6-7,10,15H2,1-2H3/t20-/m1/s1. The zero-order valence-electron chi connectivity index (χ0n) is 17.1. The molecule has 4 rings (SSSR count). The Morgan fingerprint density at radius 2 is 1.87 bits per heavy atom. The maximum Gasteiger partial charge on any atom is 0.338 e. The zero-order valence-corrected chi connectivity index (χ0v) is 17.9. The molecule has 3 aromatic rings. The molecular formula is C22H25N3O4S. The maximum atomic E-state index is 13.5. The van der Waals surface area contributed by atoms with Crippen LogP contribution >= 0.6 is 0 Å². The van der Waals surface area contributed by atoms with E-state index in [1.54, 1.807) is 11.2 Å². The van der Waals surface area contributed by atoms with Gasteiger partial charge in [0, 0.05) is 13.6 Å². The summed E-state index contributed by atoms with van der Waals surface area (Å²) in [6.45, 7) is 2.44. The summed E-state index contributed by atoms with van der Waals surface area (Å²) in [5, 5.41) is 0. The van der Waals surface area contributed by atoms with Crippen LogP contribution in [0.3, 0.4) is 0 Å². The van der Waals surface area contributed by atoms with Gasteiger partial charge < -0.3 is 9.30 Å². The van der Waals surface area contributed by atoms with Crippen molar-refractivity contribution in [3.8, 4) is 0 Å². The fourth-order valence-corrected chi connectivity index (χ4v) is 5.68. The van der Waals surface area contributed by atoms with Crippen molar-refractivity contribution in [3.63, 3.8) is 0 Å². The quantitative estimate of drug-likeness (QED) is 0.581. The fraction of sp³-hybridized carbons (Fsp3) is 0.364. The number of hydrogen-bond acceptors (Lipinski definition) is 5. The highest BCUT2D eigenvalue weighted by atomic mass is 32.2. The van der Waals surface area contributed by atoms with Crippen molar-refractivity contribution < 1.29 is 17.9 Å². The topological polar surface area (TPSA) is 81.5 Å². The number of sulfonamides is 1. The predicted molar refractivity (Wildman–Crippen MR) is 114 cm³/mol. The summed E-state index contributed by atoms with van der Waals surface area (Å²) in [6.07, 6.45) is 2.47. The van der Waals surface area contributed by atoms with E-state index < -0.39 is 16.0 Å². The van der Waals surface area contributed by atoms with Crippen LogP contribution in [-0.2, 0) is 21.8 Å². The van der Waals surface area contributed by atoms with Crippen molar-refractivity contribution >= 4 is 27.0 Å². The normalized spacial score (nSPS) is 17.9. The number of rotatable bonds is 5. The molecule has 1 atom stereocenters. The first kappa shape index (κ1) is 20.6. The molecule has 8 heteroatoms. The molecule has 0 bridgehead atoms. The Hall–Kier alpha value is -2.71. The average Bonchev–Trinajstić information content (AvgIpc) is 3.10. The lowest BCUT2D eigenvalue weighted by Crippen LogP contribution is -2.39. The first-order valence-corrected chi connectivity index (χ1v) is 11.6. The highest BCUT2D eigenvalue weighted by molar-refractivity contribution is 7.89. The lowest BCUT2D eigenvalue weighted by molar-refractivity contribution is 0.0526. The highest BCUT2D eigenvalue weighted by Gasteiger charge is 2.36. The molecular weight excluding hydrogens is 402 g/mol. The van der Waals surface area contributed by atoms with Gasteiger partial charge in [0.05, 0.1) is 34.1 Å². The second-order valence-electron chi connectivity index (χ2n) is 7.39. The van der Waals surface area contributed by atoms with Gasteiger partial charge in [0.15, 0.2) is 0 Å². The van der Waals surface area contributed by atoms with Crippen LogP contribution in [0.2, 0.25) is 0 Å². The van der Waals surface area contributed by atoms with E-state index in [0.29, 0.717) is 12.1 Å². The van der Waals surface area contributed by atoms with E-state index in [-0.39, 0.29) is 17.5 Å². The van der Waals surface area contributed by atoms with Crippen LogP contribution in [-0.4, -0.2) is 41.4 Å². The SMILES string of the molecule is CCOC(=O)c1ccc(S(=O)(=O)N2CCCC[C@@H]2c2nc3ccccc3n2C)cc1. The Balaban J connectivity index is 1.69. The van der Waals surface area contributed by atoms with Crippen LogP contribution in [0.4, 0.5) is 0 Å². The average molecular weight is 428 g/mol. The number of esters is 1. The highest BCUT2D eigenvalue weighted by Crippen LogP contribution is 2.36. The minimum Gasteiger partial charge on any atom is -0.462 e. The molecule has 2 heterocycles. The summed E-state index contributed by atoms with van der Waals surface area (Å²) in [5.74, 6) is 0.291. The van der Waals surface area contributed by atoms with E-state index >= 15 is 0 Å². The Morgan fingerprint density at radius 1 is 1.13 bits per heavy atom. The molecule has 0 unspecified atom stereocenters. The van der Waals surface area contributed by atoms with Crippen LogP contribution < -0.4 is 0 Å². The molecule has 0 aliphatic carbocycles. The molecule has 0 saturated carbocycles. The summed E-state index contributed by atoms with van der Waals surface area (Å²) >= 11 is 0.